The highest BCUT2D eigenvalue weighted by atomic mass is 79.9. The summed E-state index contributed by atoms with van der Waals surface area (Å²) >= 11 is 3.42. The second-order valence-corrected chi connectivity index (χ2v) is 4.79. The van der Waals surface area contributed by atoms with Gasteiger partial charge in [-0.25, -0.2) is 0 Å². The van der Waals surface area contributed by atoms with E-state index in [0.717, 1.165) is 10.0 Å². The van der Waals surface area contributed by atoms with Gasteiger partial charge in [-0.15, -0.1) is 0 Å². The van der Waals surface area contributed by atoms with Crippen LogP contribution in [0, 0.1) is 0 Å². The van der Waals surface area contributed by atoms with Crippen molar-refractivity contribution >= 4 is 21.7 Å². The lowest BCUT2D eigenvalue weighted by atomic mass is 9.94. The number of benzene rings is 1. The lowest BCUT2D eigenvalue weighted by molar-refractivity contribution is -0.116. The molecule has 0 aliphatic carbocycles. The Morgan fingerprint density at radius 3 is 2.57 bits per heavy atom. The van der Waals surface area contributed by atoms with Crippen molar-refractivity contribution in [3.05, 3.63) is 33.8 Å². The highest BCUT2D eigenvalue weighted by molar-refractivity contribution is 9.10. The third kappa shape index (κ3) is 2.95. The molecule has 0 saturated heterocycles. The van der Waals surface area contributed by atoms with Gasteiger partial charge in [0.15, 0.2) is 0 Å². The Labute approximate surface area is 93.7 Å². The zero-order valence-electron chi connectivity index (χ0n) is 8.80. The predicted molar refractivity (Wildman–Crippen MR) is 62.6 cm³/mol. The van der Waals surface area contributed by atoms with E-state index in [1.54, 1.807) is 6.92 Å². The monoisotopic (exact) mass is 254 g/mol. The molecule has 0 radical (unpaired) electrons. The number of halogens is 1. The molecule has 0 heterocycles. The van der Waals surface area contributed by atoms with Gasteiger partial charge in [-0.3, -0.25) is 4.79 Å². The topological polar surface area (TPSA) is 17.1 Å². The van der Waals surface area contributed by atoms with Gasteiger partial charge < -0.3 is 0 Å². The molecule has 0 aromatic heterocycles. The van der Waals surface area contributed by atoms with Gasteiger partial charge >= 0.3 is 0 Å². The highest BCUT2D eigenvalue weighted by Crippen LogP contribution is 2.23. The molecule has 0 aliphatic rings. The molecule has 0 saturated carbocycles. The van der Waals surface area contributed by atoms with Crippen molar-refractivity contribution in [1.29, 1.82) is 0 Å². The molecular weight excluding hydrogens is 240 g/mol. The zero-order chi connectivity index (χ0) is 10.7. The Morgan fingerprint density at radius 1 is 1.43 bits per heavy atom. The standard InChI is InChI=1S/C12H15BrO/c1-8(2)12-5-4-11(13)7-10(12)6-9(3)14/h4-5,7-8H,6H2,1-3H3. The van der Waals surface area contributed by atoms with Crippen LogP contribution < -0.4 is 0 Å². The van der Waals surface area contributed by atoms with E-state index in [1.807, 2.05) is 12.1 Å². The summed E-state index contributed by atoms with van der Waals surface area (Å²) in [6.07, 6.45) is 0.535. The summed E-state index contributed by atoms with van der Waals surface area (Å²) in [5.41, 5.74) is 2.41. The van der Waals surface area contributed by atoms with Gasteiger partial charge in [0.05, 0.1) is 0 Å². The third-order valence-corrected chi connectivity index (χ3v) is 2.66. The molecule has 1 rings (SSSR count). The van der Waals surface area contributed by atoms with Gasteiger partial charge in [0.2, 0.25) is 0 Å². The molecule has 0 aliphatic heterocycles. The second-order valence-electron chi connectivity index (χ2n) is 3.88. The summed E-state index contributed by atoms with van der Waals surface area (Å²) in [6.45, 7) is 5.92. The molecular formula is C12H15BrO. The Bertz CT molecular complexity index is 342. The molecule has 0 unspecified atom stereocenters. The number of hydrogen-bond acceptors (Lipinski definition) is 1. The summed E-state index contributed by atoms with van der Waals surface area (Å²) in [4.78, 5) is 11.1. The Hall–Kier alpha value is -0.630. The summed E-state index contributed by atoms with van der Waals surface area (Å²) in [5, 5.41) is 0. The number of hydrogen-bond donors (Lipinski definition) is 0. The quantitative estimate of drug-likeness (QED) is 0.804. The third-order valence-electron chi connectivity index (χ3n) is 2.17. The molecule has 1 aromatic rings. The molecule has 76 valence electrons. The predicted octanol–water partition coefficient (Wildman–Crippen LogP) is 3.70. The van der Waals surface area contributed by atoms with Crippen LogP contribution >= 0.6 is 15.9 Å². The minimum absolute atomic E-state index is 0.213. The van der Waals surface area contributed by atoms with Crippen LogP contribution in [0.1, 0.15) is 37.8 Å². The van der Waals surface area contributed by atoms with Crippen molar-refractivity contribution in [2.24, 2.45) is 0 Å². The van der Waals surface area contributed by atoms with Crippen molar-refractivity contribution < 1.29 is 4.79 Å². The summed E-state index contributed by atoms with van der Waals surface area (Å²) in [5.74, 6) is 0.683. The zero-order valence-corrected chi connectivity index (χ0v) is 10.4. The smallest absolute Gasteiger partial charge is 0.134 e. The number of carbonyl (C=O) groups excluding carboxylic acids is 1. The fourth-order valence-electron chi connectivity index (χ4n) is 1.56. The number of carbonyl (C=O) groups is 1. The van der Waals surface area contributed by atoms with E-state index in [2.05, 4.69) is 35.8 Å². The molecule has 0 amide bonds. The van der Waals surface area contributed by atoms with Crippen LogP contribution in [0.3, 0.4) is 0 Å². The van der Waals surface area contributed by atoms with Crippen molar-refractivity contribution in [2.45, 2.75) is 33.1 Å². The van der Waals surface area contributed by atoms with Gasteiger partial charge in [-0.1, -0.05) is 35.8 Å². The van der Waals surface area contributed by atoms with E-state index in [0.29, 0.717) is 12.3 Å². The van der Waals surface area contributed by atoms with Crippen molar-refractivity contribution in [3.63, 3.8) is 0 Å². The maximum absolute atomic E-state index is 11.1. The van der Waals surface area contributed by atoms with Crippen LogP contribution in [0.5, 0.6) is 0 Å². The number of ketones is 1. The molecule has 0 fully saturated rings. The summed E-state index contributed by atoms with van der Waals surface area (Å²) < 4.78 is 1.04. The first kappa shape index (κ1) is 11.4. The SMILES string of the molecule is CC(=O)Cc1cc(Br)ccc1C(C)C. The Kier molecular flexibility index (Phi) is 3.87. The summed E-state index contributed by atoms with van der Waals surface area (Å²) in [7, 11) is 0. The average Bonchev–Trinajstić information content (AvgIpc) is 2.01. The van der Waals surface area contributed by atoms with Crippen molar-refractivity contribution in [2.75, 3.05) is 0 Å². The van der Waals surface area contributed by atoms with Crippen LogP contribution in [-0.4, -0.2) is 5.78 Å². The van der Waals surface area contributed by atoms with Gasteiger partial charge in [0.25, 0.3) is 0 Å². The van der Waals surface area contributed by atoms with Crippen LogP contribution in [0.15, 0.2) is 22.7 Å². The first-order valence-electron chi connectivity index (χ1n) is 4.78. The molecule has 0 bridgehead atoms. The van der Waals surface area contributed by atoms with Crippen LogP contribution in [0.2, 0.25) is 0 Å². The highest BCUT2D eigenvalue weighted by Gasteiger charge is 2.08. The average molecular weight is 255 g/mol. The molecule has 0 atom stereocenters. The number of rotatable bonds is 3. The van der Waals surface area contributed by atoms with E-state index in [4.69, 9.17) is 0 Å². The maximum atomic E-state index is 11.1. The molecule has 2 heteroatoms. The largest absolute Gasteiger partial charge is 0.300 e. The second kappa shape index (κ2) is 4.74. The molecule has 0 spiro atoms. The number of Topliss-reactive ketones (excluding diaryl/α,β-unsaturated/α-hetero) is 1. The Morgan fingerprint density at radius 2 is 2.07 bits per heavy atom. The maximum Gasteiger partial charge on any atom is 0.134 e. The summed E-state index contributed by atoms with van der Waals surface area (Å²) in [6, 6.07) is 6.16. The van der Waals surface area contributed by atoms with E-state index in [-0.39, 0.29) is 5.78 Å². The molecule has 0 N–H and O–H groups in total. The Balaban J connectivity index is 3.09. The van der Waals surface area contributed by atoms with E-state index >= 15 is 0 Å². The van der Waals surface area contributed by atoms with E-state index in [9.17, 15) is 4.79 Å². The van der Waals surface area contributed by atoms with E-state index in [1.165, 1.54) is 5.56 Å². The first-order valence-corrected chi connectivity index (χ1v) is 5.57. The van der Waals surface area contributed by atoms with Crippen molar-refractivity contribution in [3.8, 4) is 0 Å². The van der Waals surface area contributed by atoms with Gasteiger partial charge in [0, 0.05) is 10.9 Å². The van der Waals surface area contributed by atoms with Gasteiger partial charge in [-0.05, 0) is 36.1 Å². The van der Waals surface area contributed by atoms with Crippen LogP contribution in [0.25, 0.3) is 0 Å². The fraction of sp³-hybridized carbons (Fsp3) is 0.417. The van der Waals surface area contributed by atoms with Crippen LogP contribution in [0.4, 0.5) is 0 Å². The minimum atomic E-state index is 0.213. The normalized spacial score (nSPS) is 10.6. The minimum Gasteiger partial charge on any atom is -0.300 e. The lowest BCUT2D eigenvalue weighted by Gasteiger charge is -2.11. The fourth-order valence-corrected chi connectivity index (χ4v) is 1.97. The lowest BCUT2D eigenvalue weighted by Crippen LogP contribution is -2.02. The van der Waals surface area contributed by atoms with Crippen LogP contribution in [-0.2, 0) is 11.2 Å². The molecule has 1 aromatic carbocycles. The molecule has 14 heavy (non-hydrogen) atoms. The van der Waals surface area contributed by atoms with Gasteiger partial charge in [-0.2, -0.15) is 0 Å². The first-order chi connectivity index (χ1) is 6.50. The molecule has 1 nitrogen and oxygen atoms in total. The van der Waals surface area contributed by atoms with Crippen molar-refractivity contribution in [1.82, 2.24) is 0 Å². The van der Waals surface area contributed by atoms with Gasteiger partial charge in [0.1, 0.15) is 5.78 Å². The van der Waals surface area contributed by atoms with E-state index < -0.39 is 0 Å².